The van der Waals surface area contributed by atoms with Gasteiger partial charge in [-0.2, -0.15) is 0 Å². The molecule has 2 aromatic heterocycles. The zero-order valence-electron chi connectivity index (χ0n) is 25.9. The molecule has 0 unspecified atom stereocenters. The van der Waals surface area contributed by atoms with Crippen molar-refractivity contribution in [2.45, 2.75) is 45.3 Å². The molecule has 226 valence electrons. The molecule has 2 fully saturated rings. The molecule has 0 spiro atoms. The molecule has 7 rings (SSSR count). The van der Waals surface area contributed by atoms with Gasteiger partial charge >= 0.3 is 0 Å². The summed E-state index contributed by atoms with van der Waals surface area (Å²) in [7, 11) is 3.71. The van der Waals surface area contributed by atoms with Crippen LogP contribution in [0.25, 0.3) is 22.4 Å². The van der Waals surface area contributed by atoms with Gasteiger partial charge in [-0.3, -0.25) is 4.79 Å². The lowest BCUT2D eigenvalue weighted by atomic mass is 9.98. The lowest BCUT2D eigenvalue weighted by molar-refractivity contribution is 0.0694. The molecule has 44 heavy (non-hydrogen) atoms. The highest BCUT2D eigenvalue weighted by molar-refractivity contribution is 6.00. The zero-order valence-corrected chi connectivity index (χ0v) is 25.9. The predicted molar refractivity (Wildman–Crippen MR) is 175 cm³/mol. The zero-order chi connectivity index (χ0) is 30.2. The number of nitrogens with one attached hydrogen (secondary N) is 1. The third kappa shape index (κ3) is 5.09. The van der Waals surface area contributed by atoms with E-state index in [1.807, 2.05) is 25.2 Å². The van der Waals surface area contributed by atoms with E-state index in [4.69, 9.17) is 9.72 Å². The van der Waals surface area contributed by atoms with Gasteiger partial charge in [0.25, 0.3) is 5.91 Å². The van der Waals surface area contributed by atoms with Crippen molar-refractivity contribution in [2.75, 3.05) is 20.2 Å². The molecule has 1 saturated heterocycles. The molecule has 7 nitrogen and oxygen atoms in total. The number of rotatable bonds is 10. The van der Waals surface area contributed by atoms with Crippen LogP contribution in [0.1, 0.15) is 46.9 Å². The maximum atomic E-state index is 14.0. The monoisotopic (exact) mass is 587 g/mol. The molecule has 5 aromatic rings. The minimum Gasteiger partial charge on any atom is -0.494 e. The van der Waals surface area contributed by atoms with Crippen LogP contribution < -0.4 is 10.1 Å². The number of likely N-dealkylation sites (tertiary alicyclic amines) is 1. The summed E-state index contributed by atoms with van der Waals surface area (Å²) in [5, 5.41) is 3.66. The van der Waals surface area contributed by atoms with Gasteiger partial charge in [0.15, 0.2) is 0 Å². The Morgan fingerprint density at radius 2 is 1.75 bits per heavy atom. The highest BCUT2D eigenvalue weighted by Gasteiger charge is 2.48. The fourth-order valence-electron chi connectivity index (χ4n) is 7.67. The number of imidazole rings is 1. The van der Waals surface area contributed by atoms with Crippen LogP contribution in [-0.2, 0) is 26.6 Å². The Labute approximate surface area is 259 Å². The van der Waals surface area contributed by atoms with E-state index in [1.54, 1.807) is 7.11 Å². The second kappa shape index (κ2) is 12.0. The standard InChI is InChI=1S/C37H41N5O2/c1-4-32-29(17-18-41(32)23-26-13-9-6-10-14-26)36-39-31-19-28(20-34(44-3)35(31)40(36)2)37(43)42-24-27-15-16-33(42)30(27)22-38-21-25-11-7-5-8-12-25/h5-14,17-20,27,30,33,38H,4,15-16,21-24H2,1-3H3/t27-,30-,33-/m1/s1. The van der Waals surface area contributed by atoms with Crippen molar-refractivity contribution in [3.63, 3.8) is 0 Å². The maximum Gasteiger partial charge on any atom is 0.254 e. The first kappa shape index (κ1) is 28.4. The van der Waals surface area contributed by atoms with Crippen molar-refractivity contribution in [1.29, 1.82) is 0 Å². The Bertz CT molecular complexity index is 1770. The van der Waals surface area contributed by atoms with Crippen molar-refractivity contribution in [1.82, 2.24) is 24.3 Å². The number of nitrogens with zero attached hydrogens (tertiary/aromatic N) is 4. The van der Waals surface area contributed by atoms with E-state index in [2.05, 4.69) is 93.1 Å². The summed E-state index contributed by atoms with van der Waals surface area (Å²) in [5.41, 5.74) is 7.25. The summed E-state index contributed by atoms with van der Waals surface area (Å²) in [6.45, 7) is 5.62. The molecular weight excluding hydrogens is 546 g/mol. The van der Waals surface area contributed by atoms with Crippen molar-refractivity contribution < 1.29 is 9.53 Å². The molecular formula is C37H41N5O2. The van der Waals surface area contributed by atoms with Gasteiger partial charge in [-0.1, -0.05) is 67.6 Å². The summed E-state index contributed by atoms with van der Waals surface area (Å²) in [6, 6.07) is 27.4. The summed E-state index contributed by atoms with van der Waals surface area (Å²) in [5.74, 6) is 2.69. The number of carbonyl (C=O) groups excluding carboxylic acids is 1. The Morgan fingerprint density at radius 3 is 2.48 bits per heavy atom. The summed E-state index contributed by atoms with van der Waals surface area (Å²) < 4.78 is 10.3. The number of hydrogen-bond donors (Lipinski definition) is 1. The third-order valence-electron chi connectivity index (χ3n) is 9.83. The number of hydrogen-bond acceptors (Lipinski definition) is 4. The first-order valence-corrected chi connectivity index (χ1v) is 15.9. The van der Waals surface area contributed by atoms with E-state index < -0.39 is 0 Å². The van der Waals surface area contributed by atoms with E-state index >= 15 is 0 Å². The third-order valence-corrected chi connectivity index (χ3v) is 9.83. The molecule has 0 radical (unpaired) electrons. The van der Waals surface area contributed by atoms with Crippen LogP contribution in [0.15, 0.2) is 85.1 Å². The average Bonchev–Trinajstić information content (AvgIpc) is 3.82. The van der Waals surface area contributed by atoms with E-state index in [0.717, 1.165) is 61.4 Å². The fraction of sp³-hybridized carbons (Fsp3) is 0.351. The lowest BCUT2D eigenvalue weighted by Gasteiger charge is -2.28. The minimum absolute atomic E-state index is 0.0842. The smallest absolute Gasteiger partial charge is 0.254 e. The van der Waals surface area contributed by atoms with Gasteiger partial charge in [-0.05, 0) is 60.4 Å². The molecule has 1 N–H and O–H groups in total. The minimum atomic E-state index is 0.0842. The number of amides is 1. The van der Waals surface area contributed by atoms with Crippen LogP contribution in [0.3, 0.4) is 0 Å². The lowest BCUT2D eigenvalue weighted by Crippen LogP contribution is -2.39. The van der Waals surface area contributed by atoms with Crippen LogP contribution in [0.4, 0.5) is 0 Å². The van der Waals surface area contributed by atoms with Gasteiger partial charge in [0.1, 0.15) is 17.1 Å². The predicted octanol–water partition coefficient (Wildman–Crippen LogP) is 6.30. The van der Waals surface area contributed by atoms with Gasteiger partial charge in [0.05, 0.1) is 12.6 Å². The van der Waals surface area contributed by atoms with E-state index in [1.165, 1.54) is 23.2 Å². The molecule has 3 aromatic carbocycles. The van der Waals surface area contributed by atoms with Gasteiger partial charge < -0.3 is 24.1 Å². The van der Waals surface area contributed by atoms with Crippen LogP contribution in [-0.4, -0.2) is 51.2 Å². The number of methoxy groups -OCH3 is 1. The maximum absolute atomic E-state index is 14.0. The summed E-state index contributed by atoms with van der Waals surface area (Å²) >= 11 is 0. The Morgan fingerprint density at radius 1 is 1.00 bits per heavy atom. The first-order valence-electron chi connectivity index (χ1n) is 15.9. The van der Waals surface area contributed by atoms with Crippen LogP contribution in [0, 0.1) is 11.8 Å². The SMILES string of the molecule is CCc1c(-c2nc3cc(C(=O)N4C[C@H]5CC[C@@H]4[C@@H]5CNCc4ccccc4)cc(OC)c3n2C)ccn1Cc1ccccc1. The molecule has 2 aliphatic rings. The van der Waals surface area contributed by atoms with Crippen LogP contribution >= 0.6 is 0 Å². The van der Waals surface area contributed by atoms with Crippen LogP contribution in [0.5, 0.6) is 5.75 Å². The van der Waals surface area contributed by atoms with Crippen LogP contribution in [0.2, 0.25) is 0 Å². The molecule has 2 bridgehead atoms. The summed E-state index contributed by atoms with van der Waals surface area (Å²) in [6.07, 6.45) is 5.31. The van der Waals surface area contributed by atoms with Crippen molar-refractivity contribution in [3.8, 4) is 17.1 Å². The Kier molecular flexibility index (Phi) is 7.73. The highest BCUT2D eigenvalue weighted by Crippen LogP contribution is 2.43. The topological polar surface area (TPSA) is 64.3 Å². The number of benzene rings is 3. The average molecular weight is 588 g/mol. The van der Waals surface area contributed by atoms with E-state index in [9.17, 15) is 4.79 Å². The van der Waals surface area contributed by atoms with Crippen molar-refractivity contribution in [2.24, 2.45) is 18.9 Å². The molecule has 3 atom stereocenters. The molecule has 1 amide bonds. The second-order valence-electron chi connectivity index (χ2n) is 12.3. The van der Waals surface area contributed by atoms with Gasteiger partial charge in [0, 0.05) is 62.3 Å². The normalized spacial score (nSPS) is 19.2. The van der Waals surface area contributed by atoms with E-state index in [0.29, 0.717) is 23.1 Å². The highest BCUT2D eigenvalue weighted by atomic mass is 16.5. The van der Waals surface area contributed by atoms with Crippen molar-refractivity contribution >= 4 is 16.9 Å². The number of piperidine rings is 1. The van der Waals surface area contributed by atoms with E-state index in [-0.39, 0.29) is 11.9 Å². The largest absolute Gasteiger partial charge is 0.494 e. The van der Waals surface area contributed by atoms with Gasteiger partial charge in [-0.15, -0.1) is 0 Å². The number of carbonyl (C=O) groups is 1. The quantitative estimate of drug-likeness (QED) is 0.208. The molecule has 1 aliphatic carbocycles. The number of ether oxygens (including phenoxy) is 1. The fourth-order valence-corrected chi connectivity index (χ4v) is 7.67. The second-order valence-corrected chi connectivity index (χ2v) is 12.3. The number of fused-ring (bicyclic) bond motifs is 3. The van der Waals surface area contributed by atoms with Crippen molar-refractivity contribution in [3.05, 3.63) is 107 Å². The molecule has 3 heterocycles. The molecule has 1 saturated carbocycles. The molecule has 7 heteroatoms. The Balaban J connectivity index is 1.14. The van der Waals surface area contributed by atoms with Gasteiger partial charge in [0.2, 0.25) is 0 Å². The summed E-state index contributed by atoms with van der Waals surface area (Å²) in [4.78, 5) is 21.3. The first-order chi connectivity index (χ1) is 21.6. The Hall–Kier alpha value is -4.36. The number of aryl methyl sites for hydroxylation is 1. The number of aromatic nitrogens is 3. The molecule has 1 aliphatic heterocycles. The van der Waals surface area contributed by atoms with Gasteiger partial charge in [-0.25, -0.2) is 4.98 Å².